The Bertz CT molecular complexity index is 1400. The van der Waals surface area contributed by atoms with Gasteiger partial charge in [-0.25, -0.2) is 9.13 Å². The molecular weight excluding hydrogens is 959 g/mol. The number of aliphatic hydroxyl groups excluding tert-OH is 1. The summed E-state index contributed by atoms with van der Waals surface area (Å²) < 4.78 is 66.9. The fourth-order valence-corrected chi connectivity index (χ4v) is 9.07. The molecule has 0 aliphatic carbocycles. The number of hydrogen-bond donors (Lipinski definition) is 3. The Kier molecular flexibility index (Phi) is 46.4. The van der Waals surface area contributed by atoms with E-state index < -0.39 is 97.5 Å². The zero-order valence-electron chi connectivity index (χ0n) is 44.7. The number of aliphatic hydroxyl groups is 1. The number of esters is 4. The van der Waals surface area contributed by atoms with Crippen LogP contribution in [0.25, 0.3) is 0 Å². The summed E-state index contributed by atoms with van der Waals surface area (Å²) in [5.41, 5.74) is 0. The molecule has 0 spiro atoms. The van der Waals surface area contributed by atoms with Crippen LogP contribution in [0.4, 0.5) is 0 Å². The molecule has 0 aliphatic heterocycles. The predicted octanol–water partition coefficient (Wildman–Crippen LogP) is 13.3. The Morgan fingerprint density at radius 2 is 0.577 bits per heavy atom. The van der Waals surface area contributed by atoms with Crippen LogP contribution >= 0.6 is 15.6 Å². The average molecular weight is 1060 g/mol. The first-order valence-electron chi connectivity index (χ1n) is 27.8. The molecule has 17 nitrogen and oxygen atoms in total. The van der Waals surface area contributed by atoms with E-state index >= 15 is 0 Å². The van der Waals surface area contributed by atoms with Gasteiger partial charge in [0.1, 0.15) is 19.3 Å². The molecule has 0 rings (SSSR count). The van der Waals surface area contributed by atoms with Gasteiger partial charge in [0.05, 0.1) is 26.4 Å². The number of phosphoric acid groups is 2. The molecule has 0 aliphatic rings. The van der Waals surface area contributed by atoms with E-state index in [2.05, 4.69) is 20.8 Å². The summed E-state index contributed by atoms with van der Waals surface area (Å²) in [6, 6.07) is 0. The van der Waals surface area contributed by atoms with Crippen LogP contribution in [0.15, 0.2) is 0 Å². The Hall–Kier alpha value is -1.94. The molecule has 19 heteroatoms. The van der Waals surface area contributed by atoms with Gasteiger partial charge in [0, 0.05) is 25.7 Å². The third kappa shape index (κ3) is 47.5. The van der Waals surface area contributed by atoms with Crippen molar-refractivity contribution in [3.05, 3.63) is 0 Å². The summed E-state index contributed by atoms with van der Waals surface area (Å²) in [7, 11) is -9.83. The minimum atomic E-state index is -4.92. The van der Waals surface area contributed by atoms with Crippen molar-refractivity contribution >= 4 is 39.5 Å². The number of unbranched alkanes of at least 4 members (excludes halogenated alkanes) is 27. The van der Waals surface area contributed by atoms with Crippen LogP contribution in [0.5, 0.6) is 0 Å². The second-order valence-corrected chi connectivity index (χ2v) is 21.8. The molecular formula is C52H100O17P2. The van der Waals surface area contributed by atoms with E-state index in [-0.39, 0.29) is 25.7 Å². The van der Waals surface area contributed by atoms with Crippen LogP contribution in [0.1, 0.15) is 252 Å². The zero-order chi connectivity index (χ0) is 52.7. The average Bonchev–Trinajstić information content (AvgIpc) is 3.34. The first kappa shape index (κ1) is 69.1. The quantitative estimate of drug-likeness (QED) is 0.0222. The van der Waals surface area contributed by atoms with E-state index in [1.807, 2.05) is 6.92 Å². The number of ether oxygens (including phenoxy) is 4. The van der Waals surface area contributed by atoms with Crippen LogP contribution < -0.4 is 0 Å². The molecule has 0 aromatic heterocycles. The topological polar surface area (TPSA) is 237 Å². The molecule has 0 aromatic carbocycles. The first-order valence-corrected chi connectivity index (χ1v) is 30.8. The lowest BCUT2D eigenvalue weighted by atomic mass is 10.0. The monoisotopic (exact) mass is 1060 g/mol. The van der Waals surface area contributed by atoms with E-state index in [1.54, 1.807) is 0 Å². The van der Waals surface area contributed by atoms with E-state index in [4.69, 9.17) is 37.0 Å². The first-order chi connectivity index (χ1) is 34.2. The van der Waals surface area contributed by atoms with Crippen LogP contribution in [0, 0.1) is 0 Å². The van der Waals surface area contributed by atoms with Crippen molar-refractivity contribution < 1.29 is 80.2 Å². The zero-order valence-corrected chi connectivity index (χ0v) is 46.5. The van der Waals surface area contributed by atoms with Crippen LogP contribution in [0.2, 0.25) is 0 Å². The van der Waals surface area contributed by atoms with Gasteiger partial charge in [0.25, 0.3) is 0 Å². The minimum Gasteiger partial charge on any atom is -0.462 e. The summed E-state index contributed by atoms with van der Waals surface area (Å²) in [4.78, 5) is 70.8. The molecule has 0 aromatic rings. The summed E-state index contributed by atoms with van der Waals surface area (Å²) >= 11 is 0. The van der Waals surface area contributed by atoms with Gasteiger partial charge in [-0.05, 0) is 25.7 Å². The smallest absolute Gasteiger partial charge is 0.462 e. The molecule has 0 saturated heterocycles. The number of carbonyl (C=O) groups excluding carboxylic acids is 4. The highest BCUT2D eigenvalue weighted by Gasteiger charge is 2.30. The molecule has 3 N–H and O–H groups in total. The van der Waals surface area contributed by atoms with E-state index in [9.17, 15) is 43.2 Å². The lowest BCUT2D eigenvalue weighted by Gasteiger charge is -2.21. The van der Waals surface area contributed by atoms with Crippen molar-refractivity contribution in [2.45, 2.75) is 271 Å². The number of carbonyl (C=O) groups is 4. The number of hydrogen-bond acceptors (Lipinski definition) is 15. The maximum absolute atomic E-state index is 12.8. The lowest BCUT2D eigenvalue weighted by molar-refractivity contribution is -0.161. The predicted molar refractivity (Wildman–Crippen MR) is 275 cm³/mol. The number of phosphoric ester groups is 2. The van der Waals surface area contributed by atoms with E-state index in [1.165, 1.54) is 83.5 Å². The van der Waals surface area contributed by atoms with Gasteiger partial charge < -0.3 is 33.8 Å². The van der Waals surface area contributed by atoms with Gasteiger partial charge in [0.15, 0.2) is 12.2 Å². The molecule has 420 valence electrons. The second kappa shape index (κ2) is 47.8. The molecule has 5 atom stereocenters. The largest absolute Gasteiger partial charge is 0.472 e. The highest BCUT2D eigenvalue weighted by atomic mass is 31.2. The Morgan fingerprint density at radius 1 is 0.338 bits per heavy atom. The van der Waals surface area contributed by atoms with Crippen molar-refractivity contribution in [3.8, 4) is 0 Å². The van der Waals surface area contributed by atoms with E-state index in [0.29, 0.717) is 25.7 Å². The van der Waals surface area contributed by atoms with Gasteiger partial charge in [-0.15, -0.1) is 0 Å². The van der Waals surface area contributed by atoms with Gasteiger partial charge in [-0.3, -0.25) is 37.3 Å². The van der Waals surface area contributed by atoms with Gasteiger partial charge in [-0.2, -0.15) is 0 Å². The highest BCUT2D eigenvalue weighted by Crippen LogP contribution is 2.45. The van der Waals surface area contributed by atoms with Crippen molar-refractivity contribution in [1.29, 1.82) is 0 Å². The van der Waals surface area contributed by atoms with Crippen molar-refractivity contribution in [3.63, 3.8) is 0 Å². The summed E-state index contributed by atoms with van der Waals surface area (Å²) in [6.07, 6.45) is 29.2. The number of rotatable bonds is 53. The molecule has 71 heavy (non-hydrogen) atoms. The van der Waals surface area contributed by atoms with Gasteiger partial charge in [0.2, 0.25) is 0 Å². The standard InChI is InChI=1S/C52H100O17P2/c1-5-9-13-16-19-21-23-24-26-29-32-35-39-52(57)68-47(42-62-49(54)36-12-8-4)44-66-70(58,59)64-40-46(53)41-65-71(60,61)67-45-48(69-51(56)38-34-31-27-18-15-11-7-3)43-63-50(55)37-33-30-28-25-22-20-17-14-10-6-2/h46-48,53H,5-45H2,1-4H3,(H,58,59)(H,60,61)/t46-,47+,48+/m0/s1. The molecule has 0 bridgehead atoms. The molecule has 2 unspecified atom stereocenters. The second-order valence-electron chi connectivity index (χ2n) is 18.9. The maximum atomic E-state index is 12.8. The van der Waals surface area contributed by atoms with Crippen LogP contribution in [0.3, 0.4) is 0 Å². The fourth-order valence-electron chi connectivity index (χ4n) is 7.49. The van der Waals surface area contributed by atoms with Crippen molar-refractivity contribution in [2.75, 3.05) is 39.6 Å². The van der Waals surface area contributed by atoms with E-state index in [0.717, 1.165) is 89.9 Å². The summed E-state index contributed by atoms with van der Waals surface area (Å²) in [5, 5.41) is 10.4. The Balaban J connectivity index is 5.03. The third-order valence-electron chi connectivity index (χ3n) is 11.9. The minimum absolute atomic E-state index is 0.104. The SMILES string of the molecule is CCCCCCCCCCCCCCC(=O)O[C@H](COC(=O)CCCC)COP(=O)(O)OC[C@H](O)COP(=O)(O)OC[C@@H](COC(=O)CCCCCCCCCCCC)OC(=O)CCCCCCCCC. The third-order valence-corrected chi connectivity index (χ3v) is 13.8. The van der Waals surface area contributed by atoms with Gasteiger partial charge >= 0.3 is 39.5 Å². The molecule has 0 amide bonds. The summed E-state index contributed by atoms with van der Waals surface area (Å²) in [6.45, 7) is 4.49. The Morgan fingerprint density at radius 3 is 0.873 bits per heavy atom. The van der Waals surface area contributed by atoms with Crippen LogP contribution in [-0.2, 0) is 65.4 Å². The molecule has 0 fully saturated rings. The molecule has 0 radical (unpaired) electrons. The highest BCUT2D eigenvalue weighted by molar-refractivity contribution is 7.47. The molecule has 0 saturated carbocycles. The molecule has 0 heterocycles. The van der Waals surface area contributed by atoms with Gasteiger partial charge in [-0.1, -0.05) is 201 Å². The van der Waals surface area contributed by atoms with Crippen molar-refractivity contribution in [2.24, 2.45) is 0 Å². The van der Waals surface area contributed by atoms with Crippen molar-refractivity contribution in [1.82, 2.24) is 0 Å². The lowest BCUT2D eigenvalue weighted by Crippen LogP contribution is -2.30. The Labute approximate surface area is 428 Å². The maximum Gasteiger partial charge on any atom is 0.472 e. The fraction of sp³-hybridized carbons (Fsp3) is 0.923. The summed E-state index contributed by atoms with van der Waals surface area (Å²) in [5.74, 6) is -2.19. The normalized spacial score (nSPS) is 14.5. The van der Waals surface area contributed by atoms with Crippen LogP contribution in [-0.4, -0.2) is 96.7 Å².